The van der Waals surface area contributed by atoms with Gasteiger partial charge < -0.3 is 16.4 Å². The Kier molecular flexibility index (Phi) is 7.62. The minimum atomic E-state index is -0.0775. The zero-order valence-corrected chi connectivity index (χ0v) is 12.4. The minimum absolute atomic E-state index is 0.0775. The average Bonchev–Trinajstić information content (AvgIpc) is 2.46. The molecule has 4 nitrogen and oxygen atoms in total. The molecule has 0 bridgehead atoms. The Morgan fingerprint density at radius 3 is 2.65 bits per heavy atom. The van der Waals surface area contributed by atoms with E-state index in [1.807, 2.05) is 25.3 Å². The smallest absolute Gasteiger partial charge is 0.243 e. The molecule has 1 amide bonds. The molecule has 0 aliphatic heterocycles. The highest BCUT2D eigenvalue weighted by molar-refractivity contribution is 5.91. The summed E-state index contributed by atoms with van der Waals surface area (Å²) < 4.78 is 0. The number of nitrogens with two attached hydrogens (primary N) is 1. The van der Waals surface area contributed by atoms with Gasteiger partial charge in [0.25, 0.3) is 0 Å². The molecule has 1 atom stereocenters. The van der Waals surface area contributed by atoms with E-state index >= 15 is 0 Å². The van der Waals surface area contributed by atoms with Gasteiger partial charge in [0, 0.05) is 18.7 Å². The fourth-order valence-electron chi connectivity index (χ4n) is 1.76. The predicted octanol–water partition coefficient (Wildman–Crippen LogP) is 1.32. The van der Waals surface area contributed by atoms with Crippen molar-refractivity contribution in [2.75, 3.05) is 20.1 Å². The summed E-state index contributed by atoms with van der Waals surface area (Å²) in [5.74, 6) is -0.0775. The fourth-order valence-corrected chi connectivity index (χ4v) is 1.76. The summed E-state index contributed by atoms with van der Waals surface area (Å²) in [5, 5.41) is 6.00. The molecular weight excluding hydrogens is 250 g/mol. The molecule has 4 heteroatoms. The fraction of sp³-hybridized carbons (Fsp3) is 0.438. The second-order valence-electron chi connectivity index (χ2n) is 4.90. The van der Waals surface area contributed by atoms with Gasteiger partial charge in [0.2, 0.25) is 5.91 Å². The zero-order chi connectivity index (χ0) is 14.8. The van der Waals surface area contributed by atoms with Gasteiger partial charge in [-0.25, -0.2) is 0 Å². The van der Waals surface area contributed by atoms with Crippen LogP contribution in [0.1, 0.15) is 24.5 Å². The van der Waals surface area contributed by atoms with Crippen LogP contribution in [-0.4, -0.2) is 32.1 Å². The highest BCUT2D eigenvalue weighted by Gasteiger charge is 2.00. The number of likely N-dealkylation sites (N-methyl/N-ethyl adjacent to an activating group) is 1. The van der Waals surface area contributed by atoms with Crippen molar-refractivity contribution in [3.63, 3.8) is 0 Å². The van der Waals surface area contributed by atoms with Gasteiger partial charge in [0.15, 0.2) is 0 Å². The molecule has 0 saturated heterocycles. The molecule has 1 rings (SSSR count). The minimum Gasteiger partial charge on any atom is -0.353 e. The molecule has 1 aromatic rings. The van der Waals surface area contributed by atoms with Crippen LogP contribution in [0, 0.1) is 0 Å². The highest BCUT2D eigenvalue weighted by atomic mass is 16.1. The van der Waals surface area contributed by atoms with Crippen LogP contribution < -0.4 is 16.4 Å². The second kappa shape index (κ2) is 9.28. The van der Waals surface area contributed by atoms with Crippen LogP contribution >= 0.6 is 0 Å². The van der Waals surface area contributed by atoms with E-state index < -0.39 is 0 Å². The van der Waals surface area contributed by atoms with E-state index in [0.29, 0.717) is 19.1 Å². The molecule has 4 N–H and O–H groups in total. The largest absolute Gasteiger partial charge is 0.353 e. The lowest BCUT2D eigenvalue weighted by molar-refractivity contribution is -0.116. The third-order valence-corrected chi connectivity index (χ3v) is 3.12. The lowest BCUT2D eigenvalue weighted by atomic mass is 10.1. The summed E-state index contributed by atoms with van der Waals surface area (Å²) >= 11 is 0. The van der Waals surface area contributed by atoms with Crippen LogP contribution in [-0.2, 0) is 11.2 Å². The molecule has 0 spiro atoms. The quantitative estimate of drug-likeness (QED) is 0.495. The highest BCUT2D eigenvalue weighted by Crippen LogP contribution is 2.08. The Hall–Kier alpha value is -1.65. The van der Waals surface area contributed by atoms with Gasteiger partial charge in [0.05, 0.1) is 0 Å². The first-order valence-electron chi connectivity index (χ1n) is 7.08. The van der Waals surface area contributed by atoms with Gasteiger partial charge in [-0.2, -0.15) is 0 Å². The van der Waals surface area contributed by atoms with E-state index in [1.165, 1.54) is 5.56 Å². The van der Waals surface area contributed by atoms with Crippen LogP contribution in [0.25, 0.3) is 6.08 Å². The maximum absolute atomic E-state index is 11.5. The number of carbonyl (C=O) groups excluding carboxylic acids is 1. The van der Waals surface area contributed by atoms with Gasteiger partial charge in [0.1, 0.15) is 0 Å². The van der Waals surface area contributed by atoms with Crippen molar-refractivity contribution < 1.29 is 4.79 Å². The summed E-state index contributed by atoms with van der Waals surface area (Å²) in [6.07, 6.45) is 5.18. The number of hydrogen-bond acceptors (Lipinski definition) is 3. The van der Waals surface area contributed by atoms with Gasteiger partial charge in [-0.3, -0.25) is 4.79 Å². The monoisotopic (exact) mass is 275 g/mol. The Morgan fingerprint density at radius 1 is 1.35 bits per heavy atom. The van der Waals surface area contributed by atoms with Crippen LogP contribution in [0.4, 0.5) is 0 Å². The normalized spacial score (nSPS) is 12.6. The Bertz CT molecular complexity index is 426. The number of benzene rings is 1. The summed E-state index contributed by atoms with van der Waals surface area (Å²) in [6.45, 7) is 3.37. The van der Waals surface area contributed by atoms with Gasteiger partial charge in [-0.05, 0) is 50.6 Å². The van der Waals surface area contributed by atoms with Gasteiger partial charge in [-0.1, -0.05) is 24.3 Å². The lowest BCUT2D eigenvalue weighted by Crippen LogP contribution is -2.23. The maximum Gasteiger partial charge on any atom is 0.243 e. The molecule has 0 aromatic heterocycles. The number of carbonyl (C=O) groups is 1. The van der Waals surface area contributed by atoms with Crippen molar-refractivity contribution in [3.05, 3.63) is 41.5 Å². The molecule has 0 radical (unpaired) electrons. The van der Waals surface area contributed by atoms with E-state index in [-0.39, 0.29) is 5.91 Å². The van der Waals surface area contributed by atoms with Crippen LogP contribution in [0.15, 0.2) is 30.3 Å². The second-order valence-corrected chi connectivity index (χ2v) is 4.90. The predicted molar refractivity (Wildman–Crippen MR) is 84.4 cm³/mol. The van der Waals surface area contributed by atoms with Gasteiger partial charge >= 0.3 is 0 Å². The Labute approximate surface area is 121 Å². The van der Waals surface area contributed by atoms with E-state index in [4.69, 9.17) is 5.73 Å². The molecule has 0 fully saturated rings. The summed E-state index contributed by atoms with van der Waals surface area (Å²) in [4.78, 5) is 11.5. The van der Waals surface area contributed by atoms with Crippen molar-refractivity contribution in [2.24, 2.45) is 5.73 Å². The van der Waals surface area contributed by atoms with E-state index in [2.05, 4.69) is 29.7 Å². The van der Waals surface area contributed by atoms with Crippen LogP contribution in [0.5, 0.6) is 0 Å². The summed E-state index contributed by atoms with van der Waals surface area (Å²) in [5.41, 5.74) is 7.68. The Balaban J connectivity index is 2.46. The molecule has 0 heterocycles. The first kappa shape index (κ1) is 16.4. The molecule has 1 unspecified atom stereocenters. The van der Waals surface area contributed by atoms with Crippen LogP contribution in [0.2, 0.25) is 0 Å². The average molecular weight is 275 g/mol. The third-order valence-electron chi connectivity index (χ3n) is 3.12. The number of nitrogens with one attached hydrogen (secondary N) is 2. The summed E-state index contributed by atoms with van der Waals surface area (Å²) in [6, 6.07) is 8.72. The van der Waals surface area contributed by atoms with E-state index in [0.717, 1.165) is 18.4 Å². The first-order valence-corrected chi connectivity index (χ1v) is 7.08. The zero-order valence-electron chi connectivity index (χ0n) is 12.4. The summed E-state index contributed by atoms with van der Waals surface area (Å²) in [7, 11) is 1.96. The molecule has 0 saturated carbocycles. The van der Waals surface area contributed by atoms with Crippen molar-refractivity contribution in [2.45, 2.75) is 25.8 Å². The van der Waals surface area contributed by atoms with Crippen molar-refractivity contribution in [1.82, 2.24) is 10.6 Å². The molecule has 20 heavy (non-hydrogen) atoms. The molecule has 0 aliphatic carbocycles. The maximum atomic E-state index is 11.5. The Morgan fingerprint density at radius 2 is 2.05 bits per heavy atom. The standard InChI is InChI=1S/C16H25N3O/c1-13(18-2)12-15-6-4-14(5-7-15)8-9-16(20)19-11-3-10-17/h4-9,13,18H,3,10-12,17H2,1-2H3,(H,19,20)/b9-8+. The lowest BCUT2D eigenvalue weighted by Gasteiger charge is -2.09. The van der Waals surface area contributed by atoms with E-state index in [1.54, 1.807) is 6.08 Å². The number of rotatable bonds is 8. The van der Waals surface area contributed by atoms with Crippen molar-refractivity contribution >= 4 is 12.0 Å². The third kappa shape index (κ3) is 6.50. The molecule has 0 aliphatic rings. The molecular formula is C16H25N3O. The van der Waals surface area contributed by atoms with Crippen molar-refractivity contribution in [1.29, 1.82) is 0 Å². The van der Waals surface area contributed by atoms with Gasteiger partial charge in [-0.15, -0.1) is 0 Å². The van der Waals surface area contributed by atoms with Crippen molar-refractivity contribution in [3.8, 4) is 0 Å². The molecule has 1 aromatic carbocycles. The van der Waals surface area contributed by atoms with Crippen LogP contribution in [0.3, 0.4) is 0 Å². The number of amides is 1. The SMILES string of the molecule is CNC(C)Cc1ccc(/C=C/C(=O)NCCCN)cc1. The molecule has 110 valence electrons. The number of hydrogen-bond donors (Lipinski definition) is 3. The first-order chi connectivity index (χ1) is 9.65. The topological polar surface area (TPSA) is 67.2 Å². The van der Waals surface area contributed by atoms with E-state index in [9.17, 15) is 4.79 Å².